The minimum Gasteiger partial charge on any atom is -0.493 e. The van der Waals surface area contributed by atoms with Gasteiger partial charge < -0.3 is 14.5 Å². The number of carbonyl (C=O) groups excluding carboxylic acids is 1. The Labute approximate surface area is 128 Å². The molecule has 0 spiro atoms. The van der Waals surface area contributed by atoms with Crippen LogP contribution in [-0.4, -0.2) is 13.0 Å². The molecule has 3 aromatic rings. The van der Waals surface area contributed by atoms with Crippen LogP contribution in [-0.2, 0) is 6.42 Å². The fourth-order valence-corrected chi connectivity index (χ4v) is 2.44. The Morgan fingerprint density at radius 3 is 2.77 bits per heavy atom. The number of carbonyl (C=O) groups is 1. The van der Waals surface area contributed by atoms with E-state index in [1.54, 1.807) is 19.2 Å². The number of ether oxygens (including phenoxy) is 1. The van der Waals surface area contributed by atoms with Crippen molar-refractivity contribution in [3.8, 4) is 5.75 Å². The van der Waals surface area contributed by atoms with E-state index in [1.807, 2.05) is 36.4 Å². The third-order valence-corrected chi connectivity index (χ3v) is 3.60. The van der Waals surface area contributed by atoms with Gasteiger partial charge in [0.1, 0.15) is 0 Å². The maximum atomic E-state index is 12.4. The van der Waals surface area contributed by atoms with Crippen LogP contribution >= 0.6 is 0 Å². The van der Waals surface area contributed by atoms with Crippen molar-refractivity contribution < 1.29 is 13.9 Å². The summed E-state index contributed by atoms with van der Waals surface area (Å²) in [6.07, 6.45) is 0.852. The molecule has 4 heteroatoms. The van der Waals surface area contributed by atoms with Gasteiger partial charge >= 0.3 is 0 Å². The minimum atomic E-state index is -0.265. The van der Waals surface area contributed by atoms with Crippen molar-refractivity contribution in [2.24, 2.45) is 0 Å². The number of anilines is 1. The summed E-state index contributed by atoms with van der Waals surface area (Å²) in [4.78, 5) is 12.4. The SMILES string of the molecule is CCc1ccccc1NC(=O)c1cc2cccc(OC)c2o1. The van der Waals surface area contributed by atoms with Gasteiger partial charge in [0.05, 0.1) is 7.11 Å². The first-order valence-electron chi connectivity index (χ1n) is 7.18. The Balaban J connectivity index is 1.92. The normalized spacial score (nSPS) is 10.6. The number of methoxy groups -OCH3 is 1. The molecule has 1 amide bonds. The second kappa shape index (κ2) is 5.93. The van der Waals surface area contributed by atoms with Crippen molar-refractivity contribution in [2.45, 2.75) is 13.3 Å². The summed E-state index contributed by atoms with van der Waals surface area (Å²) in [6.45, 7) is 2.05. The lowest BCUT2D eigenvalue weighted by molar-refractivity contribution is 0.0998. The van der Waals surface area contributed by atoms with Gasteiger partial charge in [-0.15, -0.1) is 0 Å². The molecule has 0 atom stereocenters. The van der Waals surface area contributed by atoms with Crippen molar-refractivity contribution in [3.63, 3.8) is 0 Å². The van der Waals surface area contributed by atoms with Crippen molar-refractivity contribution in [1.29, 1.82) is 0 Å². The number of nitrogens with one attached hydrogen (secondary N) is 1. The van der Waals surface area contributed by atoms with Crippen LogP contribution in [0.4, 0.5) is 5.69 Å². The Bertz CT molecular complexity index is 820. The lowest BCUT2D eigenvalue weighted by Crippen LogP contribution is -2.12. The van der Waals surface area contributed by atoms with E-state index in [4.69, 9.17) is 9.15 Å². The molecule has 0 saturated carbocycles. The van der Waals surface area contributed by atoms with Gasteiger partial charge in [-0.3, -0.25) is 4.79 Å². The summed E-state index contributed by atoms with van der Waals surface area (Å²) in [5, 5.41) is 3.74. The molecule has 1 heterocycles. The highest BCUT2D eigenvalue weighted by Gasteiger charge is 2.15. The average Bonchev–Trinajstić information content (AvgIpc) is 2.99. The summed E-state index contributed by atoms with van der Waals surface area (Å²) >= 11 is 0. The van der Waals surface area contributed by atoms with E-state index in [9.17, 15) is 4.79 Å². The molecule has 2 aromatic carbocycles. The summed E-state index contributed by atoms with van der Waals surface area (Å²) in [6, 6.07) is 15.0. The van der Waals surface area contributed by atoms with E-state index in [0.29, 0.717) is 11.3 Å². The van der Waals surface area contributed by atoms with Gasteiger partial charge in [-0.05, 0) is 30.2 Å². The number of rotatable bonds is 4. The van der Waals surface area contributed by atoms with E-state index in [0.717, 1.165) is 23.1 Å². The molecule has 112 valence electrons. The Morgan fingerprint density at radius 2 is 2.00 bits per heavy atom. The van der Waals surface area contributed by atoms with Gasteiger partial charge in [-0.2, -0.15) is 0 Å². The highest BCUT2D eigenvalue weighted by molar-refractivity contribution is 6.05. The second-order valence-electron chi connectivity index (χ2n) is 4.95. The monoisotopic (exact) mass is 295 g/mol. The summed E-state index contributed by atoms with van der Waals surface area (Å²) in [5.74, 6) is 0.620. The summed E-state index contributed by atoms with van der Waals surface area (Å²) in [7, 11) is 1.58. The highest BCUT2D eigenvalue weighted by Crippen LogP contribution is 2.29. The number of furan rings is 1. The molecule has 22 heavy (non-hydrogen) atoms. The number of hydrogen-bond acceptors (Lipinski definition) is 3. The largest absolute Gasteiger partial charge is 0.493 e. The number of benzene rings is 2. The lowest BCUT2D eigenvalue weighted by atomic mass is 10.1. The van der Waals surface area contributed by atoms with E-state index < -0.39 is 0 Å². The number of aryl methyl sites for hydroxylation is 1. The van der Waals surface area contributed by atoms with Crippen LogP contribution in [0.5, 0.6) is 5.75 Å². The fraction of sp³-hybridized carbons (Fsp3) is 0.167. The molecule has 0 fully saturated rings. The van der Waals surface area contributed by atoms with E-state index in [2.05, 4.69) is 12.2 Å². The van der Waals surface area contributed by atoms with Crippen LogP contribution in [0.25, 0.3) is 11.0 Å². The number of fused-ring (bicyclic) bond motifs is 1. The topological polar surface area (TPSA) is 51.5 Å². The molecule has 0 aliphatic heterocycles. The zero-order chi connectivity index (χ0) is 15.5. The Hall–Kier alpha value is -2.75. The van der Waals surface area contributed by atoms with Crippen LogP contribution < -0.4 is 10.1 Å². The Morgan fingerprint density at radius 1 is 1.18 bits per heavy atom. The lowest BCUT2D eigenvalue weighted by Gasteiger charge is -2.08. The van der Waals surface area contributed by atoms with E-state index in [-0.39, 0.29) is 11.7 Å². The van der Waals surface area contributed by atoms with Crippen molar-refractivity contribution in [2.75, 3.05) is 12.4 Å². The van der Waals surface area contributed by atoms with Crippen LogP contribution in [0, 0.1) is 0 Å². The van der Waals surface area contributed by atoms with Gasteiger partial charge in [-0.25, -0.2) is 0 Å². The summed E-state index contributed by atoms with van der Waals surface area (Å²) in [5.41, 5.74) is 2.48. The molecule has 0 unspecified atom stereocenters. The van der Waals surface area contributed by atoms with Crippen LogP contribution in [0.2, 0.25) is 0 Å². The molecule has 0 aliphatic rings. The van der Waals surface area contributed by atoms with Crippen LogP contribution in [0.3, 0.4) is 0 Å². The molecular formula is C18H17NO3. The predicted molar refractivity (Wildman–Crippen MR) is 86.5 cm³/mol. The maximum absolute atomic E-state index is 12.4. The highest BCUT2D eigenvalue weighted by atomic mass is 16.5. The number of para-hydroxylation sites is 2. The third kappa shape index (κ3) is 2.55. The molecule has 0 radical (unpaired) electrons. The third-order valence-electron chi connectivity index (χ3n) is 3.60. The number of amides is 1. The predicted octanol–water partition coefficient (Wildman–Crippen LogP) is 4.26. The van der Waals surface area contributed by atoms with Crippen LogP contribution in [0.15, 0.2) is 52.9 Å². The first kappa shape index (κ1) is 14.2. The fourth-order valence-electron chi connectivity index (χ4n) is 2.44. The summed E-state index contributed by atoms with van der Waals surface area (Å²) < 4.78 is 10.9. The molecule has 0 bridgehead atoms. The molecule has 0 aliphatic carbocycles. The molecule has 3 rings (SSSR count). The van der Waals surface area contributed by atoms with Crippen molar-refractivity contribution in [3.05, 3.63) is 59.9 Å². The molecule has 1 aromatic heterocycles. The minimum absolute atomic E-state index is 0.265. The average molecular weight is 295 g/mol. The van der Waals surface area contributed by atoms with E-state index in [1.165, 1.54) is 0 Å². The first-order valence-corrected chi connectivity index (χ1v) is 7.18. The maximum Gasteiger partial charge on any atom is 0.291 e. The van der Waals surface area contributed by atoms with Gasteiger partial charge in [0, 0.05) is 11.1 Å². The zero-order valence-electron chi connectivity index (χ0n) is 12.6. The molecule has 4 nitrogen and oxygen atoms in total. The van der Waals surface area contributed by atoms with E-state index >= 15 is 0 Å². The number of hydrogen-bond donors (Lipinski definition) is 1. The Kier molecular flexibility index (Phi) is 3.83. The first-order chi connectivity index (χ1) is 10.7. The smallest absolute Gasteiger partial charge is 0.291 e. The van der Waals surface area contributed by atoms with Gasteiger partial charge in [0.15, 0.2) is 17.1 Å². The molecule has 1 N–H and O–H groups in total. The van der Waals surface area contributed by atoms with Gasteiger partial charge in [0.2, 0.25) is 0 Å². The second-order valence-corrected chi connectivity index (χ2v) is 4.95. The van der Waals surface area contributed by atoms with Crippen molar-refractivity contribution >= 4 is 22.6 Å². The van der Waals surface area contributed by atoms with Crippen molar-refractivity contribution in [1.82, 2.24) is 0 Å². The van der Waals surface area contributed by atoms with Gasteiger partial charge in [0.25, 0.3) is 5.91 Å². The quantitative estimate of drug-likeness (QED) is 0.782. The standard InChI is InChI=1S/C18H17NO3/c1-3-12-7-4-5-9-14(12)19-18(20)16-11-13-8-6-10-15(21-2)17(13)22-16/h4-11H,3H2,1-2H3,(H,19,20). The molecular weight excluding hydrogens is 278 g/mol. The zero-order valence-corrected chi connectivity index (χ0v) is 12.6. The van der Waals surface area contributed by atoms with Gasteiger partial charge in [-0.1, -0.05) is 37.3 Å². The molecule has 0 saturated heterocycles. The van der Waals surface area contributed by atoms with Crippen LogP contribution in [0.1, 0.15) is 23.0 Å².